The Morgan fingerprint density at radius 2 is 1.89 bits per heavy atom. The molecule has 2 aromatic heterocycles. The van der Waals surface area contributed by atoms with Gasteiger partial charge in [-0.1, -0.05) is 24.3 Å². The topological polar surface area (TPSA) is 50.7 Å². The maximum atomic E-state index is 4.43. The molecule has 0 aliphatic rings. The molecule has 0 radical (unpaired) electrons. The number of pyridine rings is 1. The largest absolute Gasteiger partial charge is 0.373 e. The lowest BCUT2D eigenvalue weighted by molar-refractivity contribution is 1.16. The Hall–Kier alpha value is -2.49. The number of benzene rings is 1. The van der Waals surface area contributed by atoms with Gasteiger partial charge in [-0.25, -0.2) is 9.97 Å². The summed E-state index contributed by atoms with van der Waals surface area (Å²) in [6.07, 6.45) is 3.36. The summed E-state index contributed by atoms with van der Waals surface area (Å²) < 4.78 is 0. The van der Waals surface area contributed by atoms with E-state index in [0.717, 1.165) is 28.0 Å². The van der Waals surface area contributed by atoms with Crippen LogP contribution in [-0.4, -0.2) is 22.0 Å². The number of anilines is 1. The maximum absolute atomic E-state index is 4.43. The fourth-order valence-electron chi connectivity index (χ4n) is 1.95. The molecule has 0 saturated heterocycles. The van der Waals surface area contributed by atoms with E-state index in [0.29, 0.717) is 0 Å². The van der Waals surface area contributed by atoms with Gasteiger partial charge in [0.05, 0.1) is 11.2 Å². The van der Waals surface area contributed by atoms with Gasteiger partial charge in [0.1, 0.15) is 12.1 Å². The minimum Gasteiger partial charge on any atom is -0.373 e. The highest BCUT2D eigenvalue weighted by Gasteiger charge is 2.06. The molecular formula is C14H12N4. The standard InChI is InChI=1S/C14H12N4/c1-15-13-8-12(17-9-18-13)11-6-2-4-10-5-3-7-16-14(10)11/h2-9H,1H3,(H,15,17,18). The molecular weight excluding hydrogens is 224 g/mol. The third-order valence-electron chi connectivity index (χ3n) is 2.83. The molecule has 4 heteroatoms. The number of nitrogens with zero attached hydrogens (tertiary/aromatic N) is 3. The van der Waals surface area contributed by atoms with E-state index in [1.54, 1.807) is 12.5 Å². The summed E-state index contributed by atoms with van der Waals surface area (Å²) in [7, 11) is 1.84. The monoisotopic (exact) mass is 236 g/mol. The summed E-state index contributed by atoms with van der Waals surface area (Å²) in [6, 6.07) is 12.0. The zero-order valence-corrected chi connectivity index (χ0v) is 9.96. The van der Waals surface area contributed by atoms with Gasteiger partial charge in [-0.2, -0.15) is 0 Å². The van der Waals surface area contributed by atoms with Crippen molar-refractivity contribution in [1.82, 2.24) is 15.0 Å². The predicted molar refractivity (Wildman–Crippen MR) is 72.3 cm³/mol. The molecule has 0 atom stereocenters. The zero-order valence-electron chi connectivity index (χ0n) is 9.96. The SMILES string of the molecule is CNc1cc(-c2cccc3cccnc23)ncn1. The summed E-state index contributed by atoms with van der Waals surface area (Å²) in [4.78, 5) is 12.9. The van der Waals surface area contributed by atoms with Crippen molar-refractivity contribution in [3.05, 3.63) is 48.9 Å². The van der Waals surface area contributed by atoms with Crippen LogP contribution in [0.1, 0.15) is 0 Å². The number of rotatable bonds is 2. The van der Waals surface area contributed by atoms with Crippen LogP contribution in [0.4, 0.5) is 5.82 Å². The highest BCUT2D eigenvalue weighted by Crippen LogP contribution is 2.25. The van der Waals surface area contributed by atoms with Crippen molar-refractivity contribution in [2.24, 2.45) is 0 Å². The lowest BCUT2D eigenvalue weighted by atomic mass is 10.1. The third-order valence-corrected chi connectivity index (χ3v) is 2.83. The molecule has 0 spiro atoms. The van der Waals surface area contributed by atoms with Gasteiger partial charge in [0.2, 0.25) is 0 Å². The number of nitrogens with one attached hydrogen (secondary N) is 1. The molecule has 1 aromatic carbocycles. The summed E-state index contributed by atoms with van der Waals surface area (Å²) >= 11 is 0. The summed E-state index contributed by atoms with van der Waals surface area (Å²) in [5.74, 6) is 0.799. The number of para-hydroxylation sites is 1. The van der Waals surface area contributed by atoms with Crippen molar-refractivity contribution in [1.29, 1.82) is 0 Å². The van der Waals surface area contributed by atoms with Gasteiger partial charge in [-0.3, -0.25) is 4.98 Å². The van der Waals surface area contributed by atoms with Crippen LogP contribution in [-0.2, 0) is 0 Å². The lowest BCUT2D eigenvalue weighted by Gasteiger charge is -2.06. The lowest BCUT2D eigenvalue weighted by Crippen LogP contribution is -1.94. The predicted octanol–water partition coefficient (Wildman–Crippen LogP) is 2.73. The van der Waals surface area contributed by atoms with E-state index in [2.05, 4.69) is 20.3 Å². The van der Waals surface area contributed by atoms with Crippen molar-refractivity contribution in [2.75, 3.05) is 12.4 Å². The van der Waals surface area contributed by atoms with Crippen molar-refractivity contribution in [2.45, 2.75) is 0 Å². The highest BCUT2D eigenvalue weighted by atomic mass is 15.0. The van der Waals surface area contributed by atoms with Crippen LogP contribution in [0.25, 0.3) is 22.2 Å². The first-order chi connectivity index (χ1) is 8.88. The molecule has 0 amide bonds. The fourth-order valence-corrected chi connectivity index (χ4v) is 1.95. The Kier molecular flexibility index (Phi) is 2.61. The molecule has 88 valence electrons. The van der Waals surface area contributed by atoms with E-state index in [-0.39, 0.29) is 0 Å². The Morgan fingerprint density at radius 1 is 1.00 bits per heavy atom. The first-order valence-electron chi connectivity index (χ1n) is 5.72. The van der Waals surface area contributed by atoms with Crippen LogP contribution in [0.3, 0.4) is 0 Å². The van der Waals surface area contributed by atoms with E-state index >= 15 is 0 Å². The average Bonchev–Trinajstić information content (AvgIpc) is 2.47. The van der Waals surface area contributed by atoms with Crippen molar-refractivity contribution in [3.63, 3.8) is 0 Å². The van der Waals surface area contributed by atoms with Gasteiger partial charge >= 0.3 is 0 Å². The molecule has 18 heavy (non-hydrogen) atoms. The minimum absolute atomic E-state index is 0.799. The van der Waals surface area contributed by atoms with Crippen LogP contribution in [0, 0.1) is 0 Å². The van der Waals surface area contributed by atoms with Crippen molar-refractivity contribution in [3.8, 4) is 11.3 Å². The van der Waals surface area contributed by atoms with Crippen LogP contribution in [0.5, 0.6) is 0 Å². The second kappa shape index (κ2) is 4.41. The van der Waals surface area contributed by atoms with Crippen LogP contribution >= 0.6 is 0 Å². The second-order valence-corrected chi connectivity index (χ2v) is 3.92. The summed E-state index contributed by atoms with van der Waals surface area (Å²) in [6.45, 7) is 0. The van der Waals surface area contributed by atoms with E-state index in [1.165, 1.54) is 0 Å². The highest BCUT2D eigenvalue weighted by molar-refractivity contribution is 5.92. The molecule has 1 N–H and O–H groups in total. The number of aromatic nitrogens is 3. The van der Waals surface area contributed by atoms with E-state index in [4.69, 9.17) is 0 Å². The molecule has 0 unspecified atom stereocenters. The molecule has 2 heterocycles. The van der Waals surface area contributed by atoms with E-state index in [9.17, 15) is 0 Å². The fraction of sp³-hybridized carbons (Fsp3) is 0.0714. The third kappa shape index (κ3) is 1.78. The minimum atomic E-state index is 0.799. The van der Waals surface area contributed by atoms with E-state index in [1.807, 2.05) is 43.4 Å². The molecule has 0 saturated carbocycles. The average molecular weight is 236 g/mol. The van der Waals surface area contributed by atoms with Gasteiger partial charge < -0.3 is 5.32 Å². The van der Waals surface area contributed by atoms with Gasteiger partial charge in [-0.05, 0) is 6.07 Å². The Labute approximate surface area is 105 Å². The van der Waals surface area contributed by atoms with Crippen molar-refractivity contribution >= 4 is 16.7 Å². The normalized spacial score (nSPS) is 10.5. The molecule has 0 bridgehead atoms. The zero-order chi connectivity index (χ0) is 12.4. The van der Waals surface area contributed by atoms with Crippen LogP contribution in [0.2, 0.25) is 0 Å². The number of fused-ring (bicyclic) bond motifs is 1. The quantitative estimate of drug-likeness (QED) is 0.743. The van der Waals surface area contributed by atoms with Crippen molar-refractivity contribution < 1.29 is 0 Å². The maximum Gasteiger partial charge on any atom is 0.129 e. The Morgan fingerprint density at radius 3 is 2.78 bits per heavy atom. The molecule has 0 fully saturated rings. The van der Waals surface area contributed by atoms with Gasteiger partial charge in [0.15, 0.2) is 0 Å². The second-order valence-electron chi connectivity index (χ2n) is 3.92. The number of hydrogen-bond acceptors (Lipinski definition) is 4. The first-order valence-corrected chi connectivity index (χ1v) is 5.72. The molecule has 4 nitrogen and oxygen atoms in total. The Bertz CT molecular complexity index is 689. The molecule has 3 rings (SSSR count). The summed E-state index contributed by atoms with van der Waals surface area (Å²) in [5.41, 5.74) is 2.85. The van der Waals surface area contributed by atoms with Gasteiger partial charge in [0, 0.05) is 30.3 Å². The molecule has 0 aliphatic carbocycles. The van der Waals surface area contributed by atoms with E-state index < -0.39 is 0 Å². The molecule has 3 aromatic rings. The smallest absolute Gasteiger partial charge is 0.129 e. The summed E-state index contributed by atoms with van der Waals surface area (Å²) in [5, 5.41) is 4.12. The Balaban J connectivity index is 2.24. The van der Waals surface area contributed by atoms with Crippen LogP contribution in [0.15, 0.2) is 48.9 Å². The first kappa shape index (κ1) is 10.7. The van der Waals surface area contributed by atoms with Gasteiger partial charge in [0.25, 0.3) is 0 Å². The number of hydrogen-bond donors (Lipinski definition) is 1. The van der Waals surface area contributed by atoms with Gasteiger partial charge in [-0.15, -0.1) is 0 Å². The van der Waals surface area contributed by atoms with Crippen LogP contribution < -0.4 is 5.32 Å². The molecule has 0 aliphatic heterocycles.